The number of ether oxygens (including phenoxy) is 3. The van der Waals surface area contributed by atoms with Crippen molar-refractivity contribution in [3.05, 3.63) is 113 Å². The third-order valence-corrected chi connectivity index (χ3v) is 7.18. The van der Waals surface area contributed by atoms with E-state index in [0.29, 0.717) is 41.0 Å². The van der Waals surface area contributed by atoms with Crippen LogP contribution < -0.4 is 14.8 Å². The second-order valence-corrected chi connectivity index (χ2v) is 9.66. The quantitative estimate of drug-likeness (QED) is 0.301. The zero-order chi connectivity index (χ0) is 27.4. The first-order chi connectivity index (χ1) is 19.0. The number of phenols is 1. The highest BCUT2D eigenvalue weighted by atomic mass is 16.6. The van der Waals surface area contributed by atoms with Gasteiger partial charge in [-0.25, -0.2) is 4.79 Å². The fourth-order valence-corrected chi connectivity index (χ4v) is 5.37. The van der Waals surface area contributed by atoms with E-state index >= 15 is 0 Å². The minimum atomic E-state index is -0.664. The highest BCUT2D eigenvalue weighted by Gasteiger charge is 2.41. The van der Waals surface area contributed by atoms with E-state index in [-0.39, 0.29) is 36.4 Å². The molecule has 1 aliphatic heterocycles. The van der Waals surface area contributed by atoms with Gasteiger partial charge in [0.1, 0.15) is 19.0 Å². The summed E-state index contributed by atoms with van der Waals surface area (Å²) in [6.45, 7) is 2.06. The summed E-state index contributed by atoms with van der Waals surface area (Å²) in [7, 11) is 1.46. The summed E-state index contributed by atoms with van der Waals surface area (Å²) in [6, 6.07) is 24.2. The summed E-state index contributed by atoms with van der Waals surface area (Å²) in [5, 5.41) is 13.6. The molecule has 200 valence electrons. The number of hydrogen-bond donors (Lipinski definition) is 2. The van der Waals surface area contributed by atoms with Crippen LogP contribution in [0.3, 0.4) is 0 Å². The average molecular weight is 526 g/mol. The molecule has 1 aliphatic carbocycles. The van der Waals surface area contributed by atoms with Crippen molar-refractivity contribution in [2.75, 3.05) is 20.3 Å². The number of carbonyl (C=O) groups is 2. The van der Waals surface area contributed by atoms with Crippen LogP contribution in [-0.4, -0.2) is 37.2 Å². The minimum absolute atomic E-state index is 0.0219. The molecular weight excluding hydrogens is 494 g/mol. The highest BCUT2D eigenvalue weighted by molar-refractivity contribution is 6.04. The molecule has 0 spiro atoms. The lowest BCUT2D eigenvalue weighted by Crippen LogP contribution is -2.36. The van der Waals surface area contributed by atoms with Gasteiger partial charge in [0.25, 0.3) is 0 Å². The molecule has 2 aliphatic rings. The van der Waals surface area contributed by atoms with E-state index in [4.69, 9.17) is 14.2 Å². The van der Waals surface area contributed by atoms with Crippen molar-refractivity contribution in [3.63, 3.8) is 0 Å². The largest absolute Gasteiger partial charge is 0.504 e. The van der Waals surface area contributed by atoms with Crippen molar-refractivity contribution in [2.24, 2.45) is 0 Å². The number of ketones is 1. The van der Waals surface area contributed by atoms with Gasteiger partial charge in [-0.05, 0) is 54.7 Å². The number of carbonyl (C=O) groups excluding carboxylic acids is 2. The summed E-state index contributed by atoms with van der Waals surface area (Å²) in [5.74, 6) is -0.253. The van der Waals surface area contributed by atoms with Gasteiger partial charge in [0.15, 0.2) is 17.3 Å². The van der Waals surface area contributed by atoms with E-state index in [1.165, 1.54) is 13.2 Å². The van der Waals surface area contributed by atoms with E-state index in [0.717, 1.165) is 11.3 Å². The molecule has 0 unspecified atom stereocenters. The van der Waals surface area contributed by atoms with Gasteiger partial charge in [-0.3, -0.25) is 4.79 Å². The van der Waals surface area contributed by atoms with Crippen LogP contribution in [0.25, 0.3) is 0 Å². The summed E-state index contributed by atoms with van der Waals surface area (Å²) in [5.41, 5.74) is 4.10. The third kappa shape index (κ3) is 5.53. The SMILES string of the molecule is COc1cc([C@H]2C(C(=O)OCCOc3ccccc3)=C(C)NC3=C2C(=O)C[C@H](c2ccccc2)C3)ccc1O. The third-order valence-electron chi connectivity index (χ3n) is 7.18. The number of Topliss-reactive ketones (excluding diaryl/α,β-unsaturated/α-hetero) is 1. The Kier molecular flexibility index (Phi) is 7.68. The normalized spacial score (nSPS) is 18.8. The predicted molar refractivity (Wildman–Crippen MR) is 147 cm³/mol. The van der Waals surface area contributed by atoms with Gasteiger partial charge in [-0.1, -0.05) is 54.6 Å². The molecule has 0 amide bonds. The van der Waals surface area contributed by atoms with Gasteiger partial charge in [0.05, 0.1) is 12.7 Å². The lowest BCUT2D eigenvalue weighted by atomic mass is 9.71. The topological polar surface area (TPSA) is 94.1 Å². The molecular formula is C32H31NO6. The van der Waals surface area contributed by atoms with Crippen LogP contribution in [0.2, 0.25) is 0 Å². The molecule has 0 aromatic heterocycles. The molecule has 5 rings (SSSR count). The molecule has 0 fully saturated rings. The number of aromatic hydroxyl groups is 1. The Hall–Kier alpha value is -4.52. The van der Waals surface area contributed by atoms with Gasteiger partial charge in [-0.15, -0.1) is 0 Å². The van der Waals surface area contributed by atoms with Crippen LogP contribution in [0.15, 0.2) is 101 Å². The number of hydrogen-bond acceptors (Lipinski definition) is 7. The van der Waals surface area contributed by atoms with Crippen LogP contribution in [0, 0.1) is 0 Å². The Labute approximate surface area is 227 Å². The van der Waals surface area contributed by atoms with Crippen molar-refractivity contribution in [1.82, 2.24) is 5.32 Å². The Morgan fingerprint density at radius 2 is 1.67 bits per heavy atom. The van der Waals surface area contributed by atoms with Gasteiger partial charge in [0, 0.05) is 29.3 Å². The standard InChI is InChI=1S/C32H31NO6/c1-20-29(32(36)39-16-15-38-24-11-7-4-8-12-24)30(22-13-14-26(34)28(19-22)37-2)31-25(33-20)17-23(18-27(31)35)21-9-5-3-6-10-21/h3-14,19,23,30,33-34H,15-18H2,1-2H3/t23-,30+/m1/s1. The second kappa shape index (κ2) is 11.5. The Morgan fingerprint density at radius 1 is 0.949 bits per heavy atom. The molecule has 0 bridgehead atoms. The first-order valence-corrected chi connectivity index (χ1v) is 13.0. The van der Waals surface area contributed by atoms with Gasteiger partial charge in [-0.2, -0.15) is 0 Å². The smallest absolute Gasteiger partial charge is 0.336 e. The number of dihydropyridines is 1. The molecule has 7 nitrogen and oxygen atoms in total. The maximum Gasteiger partial charge on any atom is 0.336 e. The van der Waals surface area contributed by atoms with E-state index < -0.39 is 11.9 Å². The molecule has 0 saturated carbocycles. The summed E-state index contributed by atoms with van der Waals surface area (Å²) in [6.07, 6.45) is 0.976. The molecule has 1 heterocycles. The molecule has 2 atom stereocenters. The molecule has 0 saturated heterocycles. The van der Waals surface area contributed by atoms with E-state index in [1.807, 2.05) is 67.6 Å². The van der Waals surface area contributed by atoms with Crippen LogP contribution in [0.5, 0.6) is 17.2 Å². The molecule has 2 N–H and O–H groups in total. The number of esters is 1. The van der Waals surface area contributed by atoms with Gasteiger partial charge < -0.3 is 24.6 Å². The van der Waals surface area contributed by atoms with Crippen molar-refractivity contribution in [3.8, 4) is 17.2 Å². The summed E-state index contributed by atoms with van der Waals surface area (Å²) in [4.78, 5) is 27.2. The zero-order valence-electron chi connectivity index (χ0n) is 22.0. The van der Waals surface area contributed by atoms with E-state index in [2.05, 4.69) is 5.32 Å². The molecule has 3 aromatic rings. The fourth-order valence-electron chi connectivity index (χ4n) is 5.37. The lowest BCUT2D eigenvalue weighted by Gasteiger charge is -2.36. The first-order valence-electron chi connectivity index (χ1n) is 13.0. The maximum absolute atomic E-state index is 13.7. The monoisotopic (exact) mass is 525 g/mol. The number of rotatable bonds is 8. The Bertz CT molecular complexity index is 1430. The minimum Gasteiger partial charge on any atom is -0.504 e. The van der Waals surface area contributed by atoms with Crippen LogP contribution in [-0.2, 0) is 14.3 Å². The molecule has 7 heteroatoms. The van der Waals surface area contributed by atoms with Crippen LogP contribution in [0.1, 0.15) is 42.7 Å². The van der Waals surface area contributed by atoms with Crippen LogP contribution in [0.4, 0.5) is 0 Å². The number of phenolic OH excluding ortho intramolecular Hbond substituents is 1. The number of para-hydroxylation sites is 1. The molecule has 0 radical (unpaired) electrons. The number of nitrogens with one attached hydrogen (secondary N) is 1. The average Bonchev–Trinajstić information content (AvgIpc) is 2.95. The number of methoxy groups -OCH3 is 1. The number of allylic oxidation sites excluding steroid dienone is 3. The summed E-state index contributed by atoms with van der Waals surface area (Å²) < 4.78 is 16.6. The second-order valence-electron chi connectivity index (χ2n) is 9.66. The van der Waals surface area contributed by atoms with Crippen molar-refractivity contribution < 1.29 is 28.9 Å². The lowest BCUT2D eigenvalue weighted by molar-refractivity contribution is -0.140. The summed E-state index contributed by atoms with van der Waals surface area (Å²) >= 11 is 0. The predicted octanol–water partition coefficient (Wildman–Crippen LogP) is 5.38. The molecule has 39 heavy (non-hydrogen) atoms. The van der Waals surface area contributed by atoms with Crippen molar-refractivity contribution in [1.29, 1.82) is 0 Å². The van der Waals surface area contributed by atoms with Crippen molar-refractivity contribution >= 4 is 11.8 Å². The molecule has 3 aromatic carbocycles. The van der Waals surface area contributed by atoms with Crippen LogP contribution >= 0.6 is 0 Å². The Morgan fingerprint density at radius 3 is 2.38 bits per heavy atom. The van der Waals surface area contributed by atoms with E-state index in [9.17, 15) is 14.7 Å². The zero-order valence-corrected chi connectivity index (χ0v) is 22.0. The van der Waals surface area contributed by atoms with E-state index in [1.54, 1.807) is 12.1 Å². The van der Waals surface area contributed by atoms with Gasteiger partial charge >= 0.3 is 5.97 Å². The Balaban J connectivity index is 1.45. The van der Waals surface area contributed by atoms with Crippen molar-refractivity contribution in [2.45, 2.75) is 31.6 Å². The first kappa shape index (κ1) is 26.1. The fraction of sp³-hybridized carbons (Fsp3) is 0.250. The highest BCUT2D eigenvalue weighted by Crippen LogP contribution is 2.46. The maximum atomic E-state index is 13.7. The van der Waals surface area contributed by atoms with Gasteiger partial charge in [0.2, 0.25) is 0 Å². The number of benzene rings is 3.